The second-order valence-electron chi connectivity index (χ2n) is 4.03. The van der Waals surface area contributed by atoms with Gasteiger partial charge in [0.25, 0.3) is 0 Å². The third-order valence-corrected chi connectivity index (χ3v) is 3.39. The van der Waals surface area contributed by atoms with Crippen molar-refractivity contribution in [3.05, 3.63) is 27.9 Å². The normalized spacial score (nSPS) is 11.2. The summed E-state index contributed by atoms with van der Waals surface area (Å²) in [6.07, 6.45) is 0. The molecule has 0 aliphatic carbocycles. The first-order valence-electron chi connectivity index (χ1n) is 5.82. The number of ether oxygens (including phenoxy) is 3. The number of benzene rings is 1. The summed E-state index contributed by atoms with van der Waals surface area (Å²) < 4.78 is 48.2. The summed E-state index contributed by atoms with van der Waals surface area (Å²) in [5.74, 6) is -1.96. The van der Waals surface area contributed by atoms with Crippen molar-refractivity contribution in [3.63, 3.8) is 0 Å². The second-order valence-corrected chi connectivity index (χ2v) is 4.83. The van der Waals surface area contributed by atoms with E-state index in [2.05, 4.69) is 15.9 Å². The van der Waals surface area contributed by atoms with Gasteiger partial charge in [0.15, 0.2) is 18.1 Å². The Balaban J connectivity index is 2.24. The van der Waals surface area contributed by atoms with Gasteiger partial charge in [-0.25, -0.2) is 0 Å². The summed E-state index contributed by atoms with van der Waals surface area (Å²) in [5.41, 5.74) is -0.139. The molecule has 1 heterocycles. The van der Waals surface area contributed by atoms with Crippen LogP contribution in [0.15, 0.2) is 15.0 Å². The van der Waals surface area contributed by atoms with Gasteiger partial charge in [0.05, 0.1) is 17.7 Å². The molecule has 0 aliphatic heterocycles. The highest BCUT2D eigenvalue weighted by Crippen LogP contribution is 2.39. The van der Waals surface area contributed by atoms with E-state index in [1.807, 2.05) is 0 Å². The van der Waals surface area contributed by atoms with Crippen LogP contribution in [0.2, 0.25) is 0 Å². The van der Waals surface area contributed by atoms with E-state index in [1.54, 1.807) is 13.0 Å². The molecule has 2 rings (SSSR count). The number of hydrogen-bond donors (Lipinski definition) is 0. The molecule has 2 aromatic rings. The lowest BCUT2D eigenvalue weighted by molar-refractivity contribution is -0.0106. The Bertz CT molecular complexity index is 612. The van der Waals surface area contributed by atoms with Gasteiger partial charge in [-0.05, 0) is 28.9 Å². The summed E-state index contributed by atoms with van der Waals surface area (Å²) in [5, 5.41) is 0.410. The monoisotopic (exact) mass is 350 g/mol. The fraction of sp³-hybridized carbons (Fsp3) is 0.385. The number of rotatable bonds is 6. The minimum atomic E-state index is -1.12. The van der Waals surface area contributed by atoms with Gasteiger partial charge in [-0.1, -0.05) is 0 Å². The third kappa shape index (κ3) is 2.94. The second kappa shape index (κ2) is 6.51. The maximum absolute atomic E-state index is 13.9. The number of furan rings is 1. The number of methoxy groups -OCH3 is 1. The van der Waals surface area contributed by atoms with Crippen molar-refractivity contribution in [1.82, 2.24) is 0 Å². The lowest BCUT2D eigenvalue weighted by Gasteiger charge is -2.10. The molecule has 0 spiro atoms. The molecule has 110 valence electrons. The Morgan fingerprint density at radius 1 is 1.25 bits per heavy atom. The van der Waals surface area contributed by atoms with E-state index in [0.717, 1.165) is 0 Å². The lowest BCUT2D eigenvalue weighted by Crippen LogP contribution is -2.09. The van der Waals surface area contributed by atoms with E-state index in [-0.39, 0.29) is 18.1 Å². The van der Waals surface area contributed by atoms with Crippen LogP contribution in [0.3, 0.4) is 0 Å². The van der Waals surface area contributed by atoms with E-state index < -0.39 is 11.6 Å². The summed E-state index contributed by atoms with van der Waals surface area (Å²) in [6.45, 7) is 2.13. The standard InChI is InChI=1S/C13H13BrF2O4/c1-7-5-8-9(14)13(19-6-18-4-3-17-2)11(16)10(15)12(8)20-7/h5H,3-4,6H2,1-2H3. The van der Waals surface area contributed by atoms with Gasteiger partial charge >= 0.3 is 0 Å². The third-order valence-electron chi connectivity index (χ3n) is 2.60. The van der Waals surface area contributed by atoms with Crippen LogP contribution in [0.5, 0.6) is 5.75 Å². The Hall–Kier alpha value is -1.18. The smallest absolute Gasteiger partial charge is 0.205 e. The molecule has 0 aliphatic rings. The van der Waals surface area contributed by atoms with Crippen LogP contribution in [0.4, 0.5) is 8.78 Å². The van der Waals surface area contributed by atoms with E-state index in [0.29, 0.717) is 28.8 Å². The molecule has 0 N–H and O–H groups in total. The predicted molar refractivity (Wildman–Crippen MR) is 71.9 cm³/mol. The maximum Gasteiger partial charge on any atom is 0.205 e. The minimum absolute atomic E-state index is 0.139. The molecule has 0 unspecified atom stereocenters. The van der Waals surface area contributed by atoms with E-state index in [1.165, 1.54) is 7.11 Å². The molecule has 0 saturated carbocycles. The highest BCUT2D eigenvalue weighted by molar-refractivity contribution is 9.10. The first-order chi connectivity index (χ1) is 9.56. The molecule has 20 heavy (non-hydrogen) atoms. The van der Waals surface area contributed by atoms with Crippen molar-refractivity contribution < 1.29 is 27.4 Å². The van der Waals surface area contributed by atoms with Crippen LogP contribution >= 0.6 is 15.9 Å². The average molecular weight is 351 g/mol. The zero-order valence-electron chi connectivity index (χ0n) is 11.0. The van der Waals surface area contributed by atoms with Crippen LogP contribution in [-0.4, -0.2) is 27.1 Å². The Labute approximate surface area is 122 Å². The Morgan fingerprint density at radius 3 is 2.70 bits per heavy atom. The lowest BCUT2D eigenvalue weighted by atomic mass is 10.2. The zero-order valence-corrected chi connectivity index (χ0v) is 12.6. The highest BCUT2D eigenvalue weighted by atomic mass is 79.9. The van der Waals surface area contributed by atoms with Crippen LogP contribution < -0.4 is 4.74 Å². The van der Waals surface area contributed by atoms with Gasteiger partial charge in [0.2, 0.25) is 11.6 Å². The van der Waals surface area contributed by atoms with Crippen molar-refractivity contribution >= 4 is 26.9 Å². The molecule has 4 nitrogen and oxygen atoms in total. The van der Waals surface area contributed by atoms with Crippen molar-refractivity contribution in [2.75, 3.05) is 27.1 Å². The van der Waals surface area contributed by atoms with Crippen LogP contribution in [0.1, 0.15) is 5.76 Å². The number of aryl methyl sites for hydroxylation is 1. The molecule has 1 aromatic heterocycles. The molecule has 0 bridgehead atoms. The molecule has 0 fully saturated rings. The van der Waals surface area contributed by atoms with Crippen LogP contribution in [0.25, 0.3) is 11.0 Å². The van der Waals surface area contributed by atoms with Crippen LogP contribution in [-0.2, 0) is 9.47 Å². The fourth-order valence-corrected chi connectivity index (χ4v) is 2.27. The van der Waals surface area contributed by atoms with E-state index in [4.69, 9.17) is 18.6 Å². The molecular weight excluding hydrogens is 338 g/mol. The molecule has 7 heteroatoms. The van der Waals surface area contributed by atoms with Gasteiger partial charge in [-0.3, -0.25) is 0 Å². The SMILES string of the molecule is COCCOCOc1c(F)c(F)c2oc(C)cc2c1Br. The number of fused-ring (bicyclic) bond motifs is 1. The highest BCUT2D eigenvalue weighted by Gasteiger charge is 2.22. The molecule has 0 atom stereocenters. The molecule has 0 amide bonds. The summed E-state index contributed by atoms with van der Waals surface area (Å²) in [6, 6.07) is 1.60. The summed E-state index contributed by atoms with van der Waals surface area (Å²) in [4.78, 5) is 0. The van der Waals surface area contributed by atoms with Gasteiger partial charge in [-0.15, -0.1) is 0 Å². The van der Waals surface area contributed by atoms with Gasteiger partial charge < -0.3 is 18.6 Å². The molecule has 0 radical (unpaired) electrons. The van der Waals surface area contributed by atoms with Crippen LogP contribution in [0, 0.1) is 18.6 Å². The van der Waals surface area contributed by atoms with Gasteiger partial charge in [0.1, 0.15) is 5.76 Å². The number of halogens is 3. The van der Waals surface area contributed by atoms with Crippen molar-refractivity contribution in [2.24, 2.45) is 0 Å². The Kier molecular flexibility index (Phi) is 4.95. The predicted octanol–water partition coefficient (Wildman–Crippen LogP) is 3.78. The van der Waals surface area contributed by atoms with Crippen molar-refractivity contribution in [3.8, 4) is 5.75 Å². The average Bonchev–Trinajstić information content (AvgIpc) is 2.82. The van der Waals surface area contributed by atoms with Gasteiger partial charge in [0, 0.05) is 12.5 Å². The molecular formula is C13H13BrF2O4. The first kappa shape index (κ1) is 15.2. The van der Waals surface area contributed by atoms with E-state index in [9.17, 15) is 8.78 Å². The minimum Gasteiger partial charge on any atom is -0.463 e. The topological polar surface area (TPSA) is 40.8 Å². The van der Waals surface area contributed by atoms with E-state index >= 15 is 0 Å². The van der Waals surface area contributed by atoms with Gasteiger partial charge in [-0.2, -0.15) is 8.78 Å². The van der Waals surface area contributed by atoms with Crippen molar-refractivity contribution in [2.45, 2.75) is 6.92 Å². The molecule has 0 saturated heterocycles. The summed E-state index contributed by atoms with van der Waals surface area (Å²) >= 11 is 3.19. The Morgan fingerprint density at radius 2 is 2.00 bits per heavy atom. The van der Waals surface area contributed by atoms with Crippen molar-refractivity contribution in [1.29, 1.82) is 0 Å². The quantitative estimate of drug-likeness (QED) is 0.451. The fourth-order valence-electron chi connectivity index (χ4n) is 1.69. The largest absolute Gasteiger partial charge is 0.463 e. The molecule has 1 aromatic carbocycles. The summed E-state index contributed by atoms with van der Waals surface area (Å²) in [7, 11) is 1.53. The maximum atomic E-state index is 13.9. The zero-order chi connectivity index (χ0) is 14.7. The first-order valence-corrected chi connectivity index (χ1v) is 6.61. The number of hydrogen-bond acceptors (Lipinski definition) is 4.